The summed E-state index contributed by atoms with van der Waals surface area (Å²) in [5.74, 6) is 1.47. The summed E-state index contributed by atoms with van der Waals surface area (Å²) in [4.78, 5) is 14.8. The van der Waals surface area contributed by atoms with E-state index in [-0.39, 0.29) is 6.03 Å². The van der Waals surface area contributed by atoms with Gasteiger partial charge >= 0.3 is 6.03 Å². The van der Waals surface area contributed by atoms with E-state index in [0.29, 0.717) is 5.92 Å². The van der Waals surface area contributed by atoms with Crippen molar-refractivity contribution < 1.29 is 9.53 Å². The quantitative estimate of drug-likeness (QED) is 0.499. The molecule has 0 bridgehead atoms. The molecule has 0 spiro atoms. The molecule has 2 N–H and O–H groups in total. The number of carbonyl (C=O) groups excluding carboxylic acids is 1. The highest BCUT2D eigenvalue weighted by atomic mass is 16.5. The van der Waals surface area contributed by atoms with Crippen LogP contribution in [0.1, 0.15) is 24.0 Å². The summed E-state index contributed by atoms with van der Waals surface area (Å²) in [5, 5.41) is 5.72. The summed E-state index contributed by atoms with van der Waals surface area (Å²) in [6.45, 7) is 3.23. The van der Waals surface area contributed by atoms with Gasteiger partial charge in [-0.2, -0.15) is 0 Å². The second kappa shape index (κ2) is 10.8. The van der Waals surface area contributed by atoms with Crippen molar-refractivity contribution in [2.45, 2.75) is 25.8 Å². The number of benzene rings is 3. The van der Waals surface area contributed by atoms with E-state index in [9.17, 15) is 4.79 Å². The van der Waals surface area contributed by atoms with Crippen LogP contribution in [-0.2, 0) is 13.0 Å². The van der Waals surface area contributed by atoms with E-state index >= 15 is 0 Å². The average molecular weight is 430 g/mol. The first-order valence-corrected chi connectivity index (χ1v) is 11.3. The minimum absolute atomic E-state index is 0.261. The first-order chi connectivity index (χ1) is 15.7. The second-order valence-corrected chi connectivity index (χ2v) is 8.44. The lowest BCUT2D eigenvalue weighted by Crippen LogP contribution is -2.35. The first-order valence-electron chi connectivity index (χ1n) is 11.3. The van der Waals surface area contributed by atoms with E-state index in [1.165, 1.54) is 24.0 Å². The van der Waals surface area contributed by atoms with Gasteiger partial charge in [-0.15, -0.1) is 0 Å². The fourth-order valence-corrected chi connectivity index (χ4v) is 4.33. The zero-order valence-electron chi connectivity index (χ0n) is 18.6. The lowest BCUT2D eigenvalue weighted by atomic mass is 9.91. The number of amides is 2. The third kappa shape index (κ3) is 6.34. The molecule has 1 aliphatic heterocycles. The molecular formula is C27H31N3O2. The molecule has 32 heavy (non-hydrogen) atoms. The Morgan fingerprint density at radius 1 is 0.906 bits per heavy atom. The lowest BCUT2D eigenvalue weighted by molar-refractivity contribution is 0.167. The maximum Gasteiger partial charge on any atom is 0.323 e. The fraction of sp³-hybridized carbons (Fsp3) is 0.296. The van der Waals surface area contributed by atoms with Gasteiger partial charge in [-0.25, -0.2) is 4.79 Å². The van der Waals surface area contributed by atoms with Crippen molar-refractivity contribution in [2.24, 2.45) is 5.92 Å². The van der Waals surface area contributed by atoms with E-state index in [1.807, 2.05) is 36.4 Å². The number of rotatable bonds is 7. The van der Waals surface area contributed by atoms with Crippen molar-refractivity contribution in [3.05, 3.63) is 90.0 Å². The molecule has 1 heterocycles. The van der Waals surface area contributed by atoms with Gasteiger partial charge in [-0.05, 0) is 79.3 Å². The Morgan fingerprint density at radius 3 is 2.22 bits per heavy atom. The van der Waals surface area contributed by atoms with Crippen LogP contribution in [0.15, 0.2) is 78.9 Å². The van der Waals surface area contributed by atoms with Gasteiger partial charge in [0.1, 0.15) is 5.75 Å². The number of nitrogens with one attached hydrogen (secondary N) is 2. The number of piperidine rings is 1. The number of hydrogen-bond acceptors (Lipinski definition) is 3. The smallest absolute Gasteiger partial charge is 0.323 e. The monoisotopic (exact) mass is 429 g/mol. The van der Waals surface area contributed by atoms with Crippen LogP contribution in [0.3, 0.4) is 0 Å². The summed E-state index contributed by atoms with van der Waals surface area (Å²) in [6, 6.07) is 25.9. The second-order valence-electron chi connectivity index (χ2n) is 8.44. The Kier molecular flexibility index (Phi) is 7.41. The standard InChI is InChI=1S/C27H31N3O2/c1-32-26-15-13-25(14-16-26)29-27(31)28-24-11-9-22(10-12-24)19-30-17-5-8-23(20-30)18-21-6-3-2-4-7-21/h2-4,6-7,9-16,23H,5,8,17-20H2,1H3,(H2,28,29,31). The van der Waals surface area contributed by atoms with Gasteiger partial charge in [0.05, 0.1) is 7.11 Å². The Bertz CT molecular complexity index is 988. The van der Waals surface area contributed by atoms with Gasteiger partial charge in [0.2, 0.25) is 0 Å². The maximum absolute atomic E-state index is 12.3. The number of methoxy groups -OCH3 is 1. The van der Waals surface area contributed by atoms with Crippen LogP contribution in [0.2, 0.25) is 0 Å². The van der Waals surface area contributed by atoms with Crippen LogP contribution in [0.25, 0.3) is 0 Å². The third-order valence-electron chi connectivity index (χ3n) is 5.94. The zero-order valence-corrected chi connectivity index (χ0v) is 18.6. The Labute approximate surface area is 190 Å². The lowest BCUT2D eigenvalue weighted by Gasteiger charge is -2.33. The number of carbonyl (C=O) groups is 1. The van der Waals surface area contributed by atoms with Crippen LogP contribution in [0, 0.1) is 5.92 Å². The molecule has 2 amide bonds. The maximum atomic E-state index is 12.3. The van der Waals surface area contributed by atoms with Gasteiger partial charge in [-0.1, -0.05) is 42.5 Å². The summed E-state index contributed by atoms with van der Waals surface area (Å²) >= 11 is 0. The van der Waals surface area contributed by atoms with Crippen LogP contribution in [-0.4, -0.2) is 31.1 Å². The van der Waals surface area contributed by atoms with Crippen molar-refractivity contribution in [1.29, 1.82) is 0 Å². The molecule has 4 rings (SSSR count). The Balaban J connectivity index is 1.26. The van der Waals surface area contributed by atoms with E-state index in [0.717, 1.165) is 43.2 Å². The minimum Gasteiger partial charge on any atom is -0.497 e. The van der Waals surface area contributed by atoms with E-state index in [1.54, 1.807) is 7.11 Å². The van der Waals surface area contributed by atoms with Crippen LogP contribution >= 0.6 is 0 Å². The summed E-state index contributed by atoms with van der Waals surface area (Å²) in [5.41, 5.74) is 4.20. The Morgan fingerprint density at radius 2 is 1.56 bits per heavy atom. The van der Waals surface area contributed by atoms with E-state index < -0.39 is 0 Å². The van der Waals surface area contributed by atoms with Gasteiger partial charge in [0, 0.05) is 24.5 Å². The number of ether oxygens (including phenoxy) is 1. The SMILES string of the molecule is COc1ccc(NC(=O)Nc2ccc(CN3CCCC(Cc4ccccc4)C3)cc2)cc1. The topological polar surface area (TPSA) is 53.6 Å². The molecule has 5 nitrogen and oxygen atoms in total. The predicted octanol–water partition coefficient (Wildman–Crippen LogP) is 5.79. The average Bonchev–Trinajstić information content (AvgIpc) is 2.82. The summed E-state index contributed by atoms with van der Waals surface area (Å²) in [7, 11) is 1.62. The highest BCUT2D eigenvalue weighted by Crippen LogP contribution is 2.23. The molecule has 0 radical (unpaired) electrons. The molecule has 1 fully saturated rings. The zero-order chi connectivity index (χ0) is 22.2. The van der Waals surface area contributed by atoms with Crippen molar-refractivity contribution >= 4 is 17.4 Å². The third-order valence-corrected chi connectivity index (χ3v) is 5.94. The van der Waals surface area contributed by atoms with Crippen molar-refractivity contribution in [3.8, 4) is 5.75 Å². The largest absolute Gasteiger partial charge is 0.497 e. The van der Waals surface area contributed by atoms with Crippen LogP contribution < -0.4 is 15.4 Å². The fourth-order valence-electron chi connectivity index (χ4n) is 4.33. The summed E-state index contributed by atoms with van der Waals surface area (Å²) < 4.78 is 5.14. The molecule has 1 unspecified atom stereocenters. The number of nitrogens with zero attached hydrogens (tertiary/aromatic N) is 1. The van der Waals surface area contributed by atoms with E-state index in [4.69, 9.17) is 4.74 Å². The molecule has 5 heteroatoms. The molecular weight excluding hydrogens is 398 g/mol. The van der Waals surface area contributed by atoms with Gasteiger partial charge in [0.25, 0.3) is 0 Å². The van der Waals surface area contributed by atoms with Crippen molar-refractivity contribution in [3.63, 3.8) is 0 Å². The number of urea groups is 1. The molecule has 166 valence electrons. The number of anilines is 2. The van der Waals surface area contributed by atoms with Gasteiger partial charge in [0.15, 0.2) is 0 Å². The van der Waals surface area contributed by atoms with Gasteiger partial charge in [-0.3, -0.25) is 4.90 Å². The van der Waals surface area contributed by atoms with Crippen LogP contribution in [0.5, 0.6) is 5.75 Å². The van der Waals surface area contributed by atoms with E-state index in [2.05, 4.69) is 58.0 Å². The molecule has 0 aromatic heterocycles. The molecule has 0 aliphatic carbocycles. The minimum atomic E-state index is -0.261. The molecule has 1 aliphatic rings. The van der Waals surface area contributed by atoms with Crippen molar-refractivity contribution in [1.82, 2.24) is 4.90 Å². The molecule has 1 atom stereocenters. The molecule has 0 saturated carbocycles. The first kappa shape index (κ1) is 21.9. The van der Waals surface area contributed by atoms with Crippen molar-refractivity contribution in [2.75, 3.05) is 30.8 Å². The summed E-state index contributed by atoms with van der Waals surface area (Å²) in [6.07, 6.45) is 3.71. The van der Waals surface area contributed by atoms with Gasteiger partial charge < -0.3 is 15.4 Å². The Hall–Kier alpha value is -3.31. The number of hydrogen-bond donors (Lipinski definition) is 2. The predicted molar refractivity (Wildman–Crippen MR) is 130 cm³/mol. The molecule has 1 saturated heterocycles. The molecule has 3 aromatic rings. The van der Waals surface area contributed by atoms with Crippen LogP contribution in [0.4, 0.5) is 16.2 Å². The highest BCUT2D eigenvalue weighted by Gasteiger charge is 2.20. The highest BCUT2D eigenvalue weighted by molar-refractivity contribution is 5.99. The molecule has 3 aromatic carbocycles. The number of likely N-dealkylation sites (tertiary alicyclic amines) is 1. The normalized spacial score (nSPS) is 16.3.